The lowest BCUT2D eigenvalue weighted by Gasteiger charge is -2.37. The third-order valence-electron chi connectivity index (χ3n) is 5.80. The van der Waals surface area contributed by atoms with Gasteiger partial charge in [-0.05, 0) is 23.1 Å². The van der Waals surface area contributed by atoms with Gasteiger partial charge in [-0.15, -0.1) is 0 Å². The number of hydrogen-bond donors (Lipinski definition) is 0. The highest BCUT2D eigenvalue weighted by molar-refractivity contribution is 6.76. The van der Waals surface area contributed by atoms with Crippen LogP contribution in [-0.4, -0.2) is 8.80 Å². The topological polar surface area (TPSA) is 0 Å². The molecule has 0 N–H and O–H groups in total. The monoisotopic (exact) mass is 299 g/mol. The Morgan fingerprint density at radius 1 is 0.810 bits per heavy atom. The van der Waals surface area contributed by atoms with Gasteiger partial charge in [0.05, 0.1) is 8.80 Å². The van der Waals surface area contributed by atoms with Crippen molar-refractivity contribution in [1.82, 2.24) is 0 Å². The molecule has 1 radical (unpaired) electrons. The Hall–Kier alpha value is -0.563. The zero-order valence-corrected chi connectivity index (χ0v) is 14.7. The fourth-order valence-electron chi connectivity index (χ4n) is 4.71. The van der Waals surface area contributed by atoms with E-state index >= 15 is 0 Å². The average Bonchev–Trinajstić information content (AvgIpc) is 2.58. The Bertz CT molecular complexity index is 409. The van der Waals surface area contributed by atoms with E-state index in [1.807, 2.05) is 5.19 Å². The smallest absolute Gasteiger partial charge is 0.0630 e. The molecule has 2 saturated carbocycles. The molecule has 2 fully saturated rings. The summed E-state index contributed by atoms with van der Waals surface area (Å²) in [5, 5.41) is 1.82. The van der Waals surface area contributed by atoms with E-state index in [0.29, 0.717) is 0 Å². The first-order valence-corrected chi connectivity index (χ1v) is 11.0. The third-order valence-corrected chi connectivity index (χ3v) is 9.82. The molecule has 2 aliphatic rings. The summed E-state index contributed by atoms with van der Waals surface area (Å²) in [6.07, 6.45) is 16.3. The lowest BCUT2D eigenvalue weighted by atomic mass is 9.99. The fraction of sp³-hybridized carbons (Fsp3) is 0.700. The molecular formula is C20H31Si. The van der Waals surface area contributed by atoms with E-state index < -0.39 is 0 Å². The van der Waals surface area contributed by atoms with Gasteiger partial charge in [0, 0.05) is 0 Å². The Labute approximate surface area is 133 Å². The van der Waals surface area contributed by atoms with Gasteiger partial charge in [-0.2, -0.15) is 0 Å². The molecule has 0 aliphatic heterocycles. The van der Waals surface area contributed by atoms with Crippen molar-refractivity contribution in [2.24, 2.45) is 0 Å². The first kappa shape index (κ1) is 15.3. The van der Waals surface area contributed by atoms with Crippen molar-refractivity contribution in [2.45, 2.75) is 88.6 Å². The molecule has 0 bridgehead atoms. The van der Waals surface area contributed by atoms with Crippen LogP contribution in [0.3, 0.4) is 0 Å². The van der Waals surface area contributed by atoms with E-state index in [-0.39, 0.29) is 8.80 Å². The van der Waals surface area contributed by atoms with Crippen LogP contribution in [-0.2, 0) is 6.42 Å². The Morgan fingerprint density at radius 3 is 1.86 bits per heavy atom. The molecule has 0 heterocycles. The van der Waals surface area contributed by atoms with Gasteiger partial charge in [0.1, 0.15) is 0 Å². The van der Waals surface area contributed by atoms with Crippen molar-refractivity contribution < 1.29 is 0 Å². The molecule has 0 unspecified atom stereocenters. The van der Waals surface area contributed by atoms with Crippen molar-refractivity contribution in [1.29, 1.82) is 0 Å². The van der Waals surface area contributed by atoms with E-state index in [0.717, 1.165) is 11.1 Å². The second-order valence-corrected chi connectivity index (χ2v) is 10.2. The number of hydrogen-bond acceptors (Lipinski definition) is 0. The highest BCUT2D eigenvalue weighted by Gasteiger charge is 2.35. The standard InChI is InChI=1S/C20H31Si/c1-2-17-11-9-10-16-20(17)21(18-12-5-3-6-13-18)19-14-7-4-8-15-19/h9-11,16,18-19H,2-8,12-15H2,1H3. The molecule has 0 spiro atoms. The normalized spacial score (nSPS) is 21.8. The summed E-state index contributed by atoms with van der Waals surface area (Å²) in [5.41, 5.74) is 3.81. The minimum Gasteiger partial charge on any atom is -0.0630 e. The van der Waals surface area contributed by atoms with Crippen LogP contribution in [0.25, 0.3) is 0 Å². The number of rotatable bonds is 4. The molecule has 0 amide bonds. The van der Waals surface area contributed by atoms with Gasteiger partial charge in [-0.1, -0.05) is 101 Å². The number of benzene rings is 1. The molecule has 0 aromatic heterocycles. The summed E-state index contributed by atoms with van der Waals surface area (Å²) in [6, 6.07) is 9.48. The lowest BCUT2D eigenvalue weighted by molar-refractivity contribution is 0.465. The molecule has 0 atom stereocenters. The van der Waals surface area contributed by atoms with Gasteiger partial charge in [0.15, 0.2) is 0 Å². The second-order valence-electron chi connectivity index (χ2n) is 7.14. The quantitative estimate of drug-likeness (QED) is 0.633. The Morgan fingerprint density at radius 2 is 1.33 bits per heavy atom. The summed E-state index contributed by atoms with van der Waals surface area (Å²) < 4.78 is 0. The van der Waals surface area contributed by atoms with Crippen LogP contribution in [0.1, 0.15) is 76.7 Å². The van der Waals surface area contributed by atoms with Crippen LogP contribution in [0.2, 0.25) is 11.1 Å². The highest BCUT2D eigenvalue weighted by Crippen LogP contribution is 2.41. The van der Waals surface area contributed by atoms with E-state index in [2.05, 4.69) is 31.2 Å². The van der Waals surface area contributed by atoms with Gasteiger partial charge in [0.25, 0.3) is 0 Å². The van der Waals surface area contributed by atoms with E-state index in [4.69, 9.17) is 0 Å². The van der Waals surface area contributed by atoms with Crippen molar-refractivity contribution in [3.8, 4) is 0 Å². The van der Waals surface area contributed by atoms with Crippen molar-refractivity contribution in [3.05, 3.63) is 29.8 Å². The maximum Gasteiger partial charge on any atom is 0.0925 e. The Balaban J connectivity index is 1.89. The van der Waals surface area contributed by atoms with Crippen LogP contribution in [0.4, 0.5) is 0 Å². The molecule has 0 saturated heterocycles. The van der Waals surface area contributed by atoms with Crippen LogP contribution in [0.15, 0.2) is 24.3 Å². The molecule has 1 aromatic rings. The molecule has 2 aliphatic carbocycles. The van der Waals surface area contributed by atoms with Crippen LogP contribution in [0, 0.1) is 0 Å². The lowest BCUT2D eigenvalue weighted by Crippen LogP contribution is -2.42. The fourth-order valence-corrected chi connectivity index (χ4v) is 9.24. The van der Waals surface area contributed by atoms with Crippen LogP contribution >= 0.6 is 0 Å². The highest BCUT2D eigenvalue weighted by atomic mass is 28.3. The third kappa shape index (κ3) is 3.61. The zero-order chi connectivity index (χ0) is 14.5. The van der Waals surface area contributed by atoms with Gasteiger partial charge in [-0.25, -0.2) is 0 Å². The molecular weight excluding hydrogens is 268 g/mol. The first-order valence-electron chi connectivity index (χ1n) is 9.35. The summed E-state index contributed by atoms with van der Waals surface area (Å²) >= 11 is 0. The maximum atomic E-state index is 2.51. The minimum atomic E-state index is -0.365. The van der Waals surface area contributed by atoms with Gasteiger partial charge in [-0.3, -0.25) is 0 Å². The molecule has 3 rings (SSSR count). The Kier molecular flexibility index (Phi) is 5.57. The van der Waals surface area contributed by atoms with Gasteiger partial charge >= 0.3 is 0 Å². The van der Waals surface area contributed by atoms with Gasteiger partial charge in [0.2, 0.25) is 0 Å². The van der Waals surface area contributed by atoms with E-state index in [9.17, 15) is 0 Å². The van der Waals surface area contributed by atoms with Gasteiger partial charge < -0.3 is 0 Å². The van der Waals surface area contributed by atoms with Crippen LogP contribution in [0.5, 0.6) is 0 Å². The van der Waals surface area contributed by atoms with E-state index in [1.54, 1.807) is 5.56 Å². The van der Waals surface area contributed by atoms with Crippen molar-refractivity contribution >= 4 is 14.0 Å². The molecule has 21 heavy (non-hydrogen) atoms. The molecule has 0 nitrogen and oxygen atoms in total. The van der Waals surface area contributed by atoms with Crippen molar-refractivity contribution in [3.63, 3.8) is 0 Å². The second kappa shape index (κ2) is 7.62. The average molecular weight is 300 g/mol. The predicted octanol–water partition coefficient (Wildman–Crippen LogP) is 5.62. The predicted molar refractivity (Wildman–Crippen MR) is 94.9 cm³/mol. The SMILES string of the molecule is CCc1ccccc1[Si](C1CCCCC1)C1CCCCC1. The summed E-state index contributed by atoms with van der Waals surface area (Å²) in [6.45, 7) is 2.35. The minimum absolute atomic E-state index is 0.365. The van der Waals surface area contributed by atoms with E-state index in [1.165, 1.54) is 70.6 Å². The van der Waals surface area contributed by atoms with Crippen molar-refractivity contribution in [2.75, 3.05) is 0 Å². The molecule has 1 aromatic carbocycles. The molecule has 115 valence electrons. The summed E-state index contributed by atoms with van der Waals surface area (Å²) in [5.74, 6) is 0. The largest absolute Gasteiger partial charge is 0.0925 e. The number of aryl methyl sites for hydroxylation is 1. The molecule has 1 heteroatoms. The summed E-state index contributed by atoms with van der Waals surface area (Å²) in [4.78, 5) is 0. The zero-order valence-electron chi connectivity index (χ0n) is 13.7. The summed E-state index contributed by atoms with van der Waals surface area (Å²) in [7, 11) is -0.365. The maximum absolute atomic E-state index is 2.51. The first-order chi connectivity index (χ1) is 10.4. The van der Waals surface area contributed by atoms with Crippen LogP contribution < -0.4 is 5.19 Å².